The van der Waals surface area contributed by atoms with Gasteiger partial charge in [-0.15, -0.1) is 0 Å². The van der Waals surface area contributed by atoms with Gasteiger partial charge in [0.2, 0.25) is 5.91 Å². The van der Waals surface area contributed by atoms with Crippen LogP contribution in [0.2, 0.25) is 0 Å². The summed E-state index contributed by atoms with van der Waals surface area (Å²) in [7, 11) is 0. The van der Waals surface area contributed by atoms with E-state index in [1.165, 1.54) is 116 Å². The molecule has 3 aliphatic heterocycles. The van der Waals surface area contributed by atoms with Crippen molar-refractivity contribution in [1.82, 2.24) is 5.32 Å². The number of aliphatic hydroxyl groups is 11. The van der Waals surface area contributed by atoms with E-state index in [1.807, 2.05) is 6.08 Å². The largest absolute Gasteiger partial charge is 0.394 e. The van der Waals surface area contributed by atoms with Crippen molar-refractivity contribution in [3.05, 3.63) is 60.8 Å². The molecule has 3 heterocycles. The molecule has 19 nitrogen and oxygen atoms in total. The summed E-state index contributed by atoms with van der Waals surface area (Å²) in [6.07, 6.45) is 30.7. The number of aliphatic hydroxyl groups excluding tert-OH is 11. The average molecular weight is 1210 g/mol. The lowest BCUT2D eigenvalue weighted by Crippen LogP contribution is -2.66. The number of ether oxygens (including phenoxy) is 6. The minimum atomic E-state index is -1.99. The van der Waals surface area contributed by atoms with E-state index in [0.29, 0.717) is 12.8 Å². The monoisotopic (exact) mass is 1210 g/mol. The molecule has 0 aliphatic carbocycles. The van der Waals surface area contributed by atoms with Crippen molar-refractivity contribution in [3.8, 4) is 0 Å². The topological polar surface area (TPSA) is 307 Å². The van der Waals surface area contributed by atoms with Crippen LogP contribution in [-0.4, -0.2) is 193 Å². The van der Waals surface area contributed by atoms with Gasteiger partial charge in [0.1, 0.15) is 73.2 Å². The molecule has 3 rings (SSSR count). The summed E-state index contributed by atoms with van der Waals surface area (Å²) in [6, 6.07) is -1.01. The Bertz CT molecular complexity index is 1780. The number of unbranched alkanes of at least 4 members (excludes halogenated alkanes) is 25. The highest BCUT2D eigenvalue weighted by atomic mass is 16.8. The molecule has 0 aromatic carbocycles. The Morgan fingerprint density at radius 3 is 1.28 bits per heavy atom. The summed E-state index contributed by atoms with van der Waals surface area (Å²) in [6.45, 7) is 1.64. The molecule has 3 aliphatic rings. The van der Waals surface area contributed by atoms with Gasteiger partial charge in [-0.25, -0.2) is 0 Å². The maximum Gasteiger partial charge on any atom is 0.220 e. The van der Waals surface area contributed by atoms with Gasteiger partial charge in [0.15, 0.2) is 18.9 Å². The molecule has 3 saturated heterocycles. The molecule has 17 atom stereocenters. The molecule has 12 N–H and O–H groups in total. The Kier molecular flexibility index (Phi) is 43.7. The van der Waals surface area contributed by atoms with Crippen LogP contribution in [-0.2, 0) is 33.2 Å². The van der Waals surface area contributed by atoms with Crippen LogP contribution in [0.25, 0.3) is 0 Å². The molecular formula is C66H117NO18. The van der Waals surface area contributed by atoms with Gasteiger partial charge >= 0.3 is 0 Å². The van der Waals surface area contributed by atoms with E-state index in [9.17, 15) is 61.0 Å². The van der Waals surface area contributed by atoms with E-state index in [1.54, 1.807) is 6.08 Å². The van der Waals surface area contributed by atoms with E-state index in [4.69, 9.17) is 28.4 Å². The number of hydrogen-bond donors (Lipinski definition) is 12. The van der Waals surface area contributed by atoms with E-state index >= 15 is 0 Å². The summed E-state index contributed by atoms with van der Waals surface area (Å²) >= 11 is 0. The lowest BCUT2D eigenvalue weighted by molar-refractivity contribution is -0.379. The third-order valence-corrected chi connectivity index (χ3v) is 16.3. The van der Waals surface area contributed by atoms with Crippen molar-refractivity contribution in [3.63, 3.8) is 0 Å². The van der Waals surface area contributed by atoms with Crippen LogP contribution in [0.4, 0.5) is 0 Å². The fourth-order valence-electron chi connectivity index (χ4n) is 10.8. The zero-order chi connectivity index (χ0) is 61.9. The Hall–Kier alpha value is -2.51. The molecule has 0 radical (unpaired) electrons. The fraction of sp³-hybridized carbons (Fsp3) is 0.833. The average Bonchev–Trinajstić information content (AvgIpc) is 3.58. The first-order valence-corrected chi connectivity index (χ1v) is 33.0. The molecule has 19 heteroatoms. The summed E-state index contributed by atoms with van der Waals surface area (Å²) in [5, 5.41) is 120. The molecule has 0 bridgehead atoms. The molecule has 0 spiro atoms. The Labute approximate surface area is 509 Å². The highest BCUT2D eigenvalue weighted by Gasteiger charge is 2.53. The number of rotatable bonds is 49. The summed E-state index contributed by atoms with van der Waals surface area (Å²) < 4.78 is 34.2. The second-order valence-corrected chi connectivity index (χ2v) is 23.6. The minimum Gasteiger partial charge on any atom is -0.394 e. The van der Waals surface area contributed by atoms with Crippen LogP contribution < -0.4 is 5.32 Å². The maximum absolute atomic E-state index is 13.3. The van der Waals surface area contributed by atoms with E-state index < -0.39 is 124 Å². The summed E-state index contributed by atoms with van der Waals surface area (Å²) in [5.74, 6) is -0.305. The molecule has 494 valence electrons. The third-order valence-electron chi connectivity index (χ3n) is 16.3. The molecular weight excluding hydrogens is 1090 g/mol. The van der Waals surface area contributed by atoms with Crippen molar-refractivity contribution < 1.29 is 89.4 Å². The Balaban J connectivity index is 1.47. The SMILES string of the molecule is CCCC/C=C\C/C=C\CCCCCCCC(=O)NC(COC1OC(CO)C(OC2OC(CO)C(OC3OC(CO)C(O)C(O)C3O)C(O)C2O)C(O)C1O)C(O)/C=C/CC/C=C/CC/C=C/CCCCCCCCCCCCCCCCCC. The Morgan fingerprint density at radius 1 is 0.424 bits per heavy atom. The van der Waals surface area contributed by atoms with E-state index in [0.717, 1.165) is 70.6 Å². The highest BCUT2D eigenvalue weighted by molar-refractivity contribution is 5.76. The van der Waals surface area contributed by atoms with Crippen molar-refractivity contribution in [2.45, 2.75) is 324 Å². The van der Waals surface area contributed by atoms with Gasteiger partial charge < -0.3 is 89.9 Å². The van der Waals surface area contributed by atoms with Gasteiger partial charge in [-0.3, -0.25) is 4.79 Å². The fourth-order valence-corrected chi connectivity index (χ4v) is 10.8. The van der Waals surface area contributed by atoms with Crippen LogP contribution in [0.5, 0.6) is 0 Å². The predicted octanol–water partition coefficient (Wildman–Crippen LogP) is 7.60. The molecule has 0 aromatic heterocycles. The predicted molar refractivity (Wildman–Crippen MR) is 328 cm³/mol. The minimum absolute atomic E-state index is 0.213. The zero-order valence-electron chi connectivity index (χ0n) is 51.8. The zero-order valence-corrected chi connectivity index (χ0v) is 51.8. The number of carbonyl (C=O) groups is 1. The van der Waals surface area contributed by atoms with Crippen molar-refractivity contribution >= 4 is 5.91 Å². The maximum atomic E-state index is 13.3. The van der Waals surface area contributed by atoms with Crippen LogP contribution in [0.3, 0.4) is 0 Å². The van der Waals surface area contributed by atoms with E-state index in [2.05, 4.69) is 67.8 Å². The van der Waals surface area contributed by atoms with Crippen LogP contribution in [0.1, 0.15) is 219 Å². The lowest BCUT2D eigenvalue weighted by Gasteiger charge is -2.48. The lowest BCUT2D eigenvalue weighted by atomic mass is 9.96. The highest BCUT2D eigenvalue weighted by Crippen LogP contribution is 2.33. The number of allylic oxidation sites excluding steroid dienone is 9. The molecule has 0 saturated carbocycles. The number of carbonyl (C=O) groups excluding carboxylic acids is 1. The van der Waals surface area contributed by atoms with Gasteiger partial charge in [0, 0.05) is 6.42 Å². The van der Waals surface area contributed by atoms with Crippen LogP contribution in [0, 0.1) is 0 Å². The van der Waals surface area contributed by atoms with Crippen molar-refractivity contribution in [2.75, 3.05) is 26.4 Å². The second kappa shape index (κ2) is 48.4. The number of nitrogens with one attached hydrogen (secondary N) is 1. The van der Waals surface area contributed by atoms with Crippen molar-refractivity contribution in [2.24, 2.45) is 0 Å². The Morgan fingerprint density at radius 2 is 0.800 bits per heavy atom. The molecule has 85 heavy (non-hydrogen) atoms. The summed E-state index contributed by atoms with van der Waals surface area (Å²) in [5.41, 5.74) is 0. The van der Waals surface area contributed by atoms with Gasteiger partial charge in [-0.2, -0.15) is 0 Å². The first kappa shape index (κ1) is 76.7. The molecule has 3 fully saturated rings. The number of amides is 1. The molecule has 17 unspecified atom stereocenters. The van der Waals surface area contributed by atoms with Gasteiger partial charge in [-0.1, -0.05) is 203 Å². The van der Waals surface area contributed by atoms with Crippen LogP contribution >= 0.6 is 0 Å². The van der Waals surface area contributed by atoms with Gasteiger partial charge in [-0.05, 0) is 70.6 Å². The number of hydrogen-bond acceptors (Lipinski definition) is 18. The van der Waals surface area contributed by atoms with E-state index in [-0.39, 0.29) is 18.9 Å². The standard InChI is InChI=1S/C66H117NO18/c1-3-5-7-9-11-13-15-17-19-20-21-22-23-24-25-26-27-28-29-30-31-33-35-37-39-41-43-50(71)49(67-54(72)44-42-40-38-36-34-32-18-16-14-12-10-8-6-4-2)48-80-64-60(78)57(75)62(52(46-69)82-64)85-66-61(79)58(76)63(53(47-70)83-66)84-65-59(77)56(74)55(73)51(45-68)81-65/h10,12,16,18,28-29,33,35,41,43,49-53,55-66,68-71,73-79H,3-9,11,13-15,17,19-27,30-32,34,36-40,42,44-48H2,1-2H3,(H,67,72)/b12-10-,18-16-,29-28+,35-33+,43-41+. The van der Waals surface area contributed by atoms with Gasteiger partial charge in [0.25, 0.3) is 0 Å². The quantitative estimate of drug-likeness (QED) is 0.0206. The molecule has 0 aromatic rings. The third kappa shape index (κ3) is 31.2. The smallest absolute Gasteiger partial charge is 0.220 e. The van der Waals surface area contributed by atoms with Gasteiger partial charge in [0.05, 0.1) is 38.6 Å². The molecule has 1 amide bonds. The van der Waals surface area contributed by atoms with Crippen molar-refractivity contribution in [1.29, 1.82) is 0 Å². The first-order valence-electron chi connectivity index (χ1n) is 33.0. The van der Waals surface area contributed by atoms with Crippen LogP contribution in [0.15, 0.2) is 60.8 Å². The summed E-state index contributed by atoms with van der Waals surface area (Å²) in [4.78, 5) is 13.3. The normalized spacial score (nSPS) is 29.4. The first-order chi connectivity index (χ1) is 41.3. The second-order valence-electron chi connectivity index (χ2n) is 23.6.